The van der Waals surface area contributed by atoms with Gasteiger partial charge in [-0.05, 0) is 49.6 Å². The molecule has 0 saturated heterocycles. The number of nitrogens with zero attached hydrogens (tertiary/aromatic N) is 2. The fourth-order valence-electron chi connectivity index (χ4n) is 2.19. The number of carbonyl (C=O) groups is 1. The van der Waals surface area contributed by atoms with Crippen molar-refractivity contribution >= 4 is 17.3 Å². The Morgan fingerprint density at radius 2 is 1.92 bits per heavy atom. The fourth-order valence-corrected chi connectivity index (χ4v) is 2.19. The van der Waals surface area contributed by atoms with Crippen LogP contribution in [-0.4, -0.2) is 10.9 Å². The van der Waals surface area contributed by atoms with Gasteiger partial charge in [0.15, 0.2) is 0 Å². The van der Waals surface area contributed by atoms with E-state index in [2.05, 4.69) is 22.5 Å². The highest BCUT2D eigenvalue weighted by Gasteiger charge is 2.09. The van der Waals surface area contributed by atoms with Crippen LogP contribution < -0.4 is 10.6 Å². The molecule has 0 radical (unpaired) electrons. The minimum atomic E-state index is -0.448. The van der Waals surface area contributed by atoms with Crippen molar-refractivity contribution < 1.29 is 4.79 Å². The molecule has 0 saturated carbocycles. The van der Waals surface area contributed by atoms with Crippen LogP contribution in [0.15, 0.2) is 54.4 Å². The number of carbonyl (C=O) groups excluding carboxylic acids is 1. The molecular weight excluding hydrogens is 312 g/mol. The molecule has 0 atom stereocenters. The molecule has 2 aromatic rings. The molecule has 0 aliphatic heterocycles. The average Bonchev–Trinajstić information content (AvgIpc) is 2.63. The molecule has 1 heterocycles. The lowest BCUT2D eigenvalue weighted by Crippen LogP contribution is -2.14. The third-order valence-electron chi connectivity index (χ3n) is 3.69. The summed E-state index contributed by atoms with van der Waals surface area (Å²) in [5.74, 6) is -0.448. The molecule has 0 fully saturated rings. The standard InChI is InChI=1S/C20H22N4O/c1-3-4-5-16-7-10-18(11-8-16)24-20(25)17(12-21)13-23-19-9-6-15(2)22-14-19/h6-11,13-14,23H,3-5H2,1-2H3,(H,24,25)/b17-13-. The Morgan fingerprint density at radius 1 is 1.20 bits per heavy atom. The van der Waals surface area contributed by atoms with E-state index in [9.17, 15) is 10.1 Å². The maximum atomic E-state index is 12.2. The van der Waals surface area contributed by atoms with Gasteiger partial charge in [-0.3, -0.25) is 9.78 Å². The van der Waals surface area contributed by atoms with E-state index in [1.807, 2.05) is 49.4 Å². The molecule has 128 valence electrons. The molecule has 5 heteroatoms. The Balaban J connectivity index is 1.98. The number of nitrogens with one attached hydrogen (secondary N) is 2. The van der Waals surface area contributed by atoms with Gasteiger partial charge in [-0.1, -0.05) is 25.5 Å². The molecule has 2 rings (SSSR count). The van der Waals surface area contributed by atoms with Gasteiger partial charge in [0.1, 0.15) is 11.6 Å². The Kier molecular flexibility index (Phi) is 6.73. The Morgan fingerprint density at radius 3 is 2.52 bits per heavy atom. The number of hydrogen-bond acceptors (Lipinski definition) is 4. The molecule has 2 N–H and O–H groups in total. The number of aromatic nitrogens is 1. The number of benzene rings is 1. The van der Waals surface area contributed by atoms with Gasteiger partial charge < -0.3 is 10.6 Å². The minimum Gasteiger partial charge on any atom is -0.359 e. The van der Waals surface area contributed by atoms with Crippen molar-refractivity contribution in [1.82, 2.24) is 4.98 Å². The minimum absolute atomic E-state index is 0.00404. The van der Waals surface area contributed by atoms with Crippen LogP contribution in [0.1, 0.15) is 31.0 Å². The SMILES string of the molecule is CCCCc1ccc(NC(=O)/C(C#N)=C\Nc2ccc(C)nc2)cc1. The highest BCUT2D eigenvalue weighted by molar-refractivity contribution is 6.06. The summed E-state index contributed by atoms with van der Waals surface area (Å²) in [5, 5.41) is 14.9. The highest BCUT2D eigenvalue weighted by atomic mass is 16.1. The second-order valence-electron chi connectivity index (χ2n) is 5.76. The maximum absolute atomic E-state index is 12.2. The Labute approximate surface area is 148 Å². The smallest absolute Gasteiger partial charge is 0.267 e. The Hall–Kier alpha value is -3.13. The maximum Gasteiger partial charge on any atom is 0.267 e. The van der Waals surface area contributed by atoms with Gasteiger partial charge in [0.2, 0.25) is 0 Å². The predicted molar refractivity (Wildman–Crippen MR) is 100.0 cm³/mol. The lowest BCUT2D eigenvalue weighted by molar-refractivity contribution is -0.112. The highest BCUT2D eigenvalue weighted by Crippen LogP contribution is 2.13. The van der Waals surface area contributed by atoms with Crippen molar-refractivity contribution in [2.24, 2.45) is 0 Å². The third kappa shape index (κ3) is 5.78. The summed E-state index contributed by atoms with van der Waals surface area (Å²) in [6, 6.07) is 13.3. The van der Waals surface area contributed by atoms with Gasteiger partial charge in [0.25, 0.3) is 5.91 Å². The summed E-state index contributed by atoms with van der Waals surface area (Å²) in [5.41, 5.74) is 3.52. The van der Waals surface area contributed by atoms with E-state index in [4.69, 9.17) is 0 Å². The van der Waals surface area contributed by atoms with E-state index in [1.54, 1.807) is 6.20 Å². The zero-order valence-corrected chi connectivity index (χ0v) is 14.5. The van der Waals surface area contributed by atoms with E-state index in [0.29, 0.717) is 11.4 Å². The summed E-state index contributed by atoms with van der Waals surface area (Å²) in [7, 11) is 0. The second-order valence-corrected chi connectivity index (χ2v) is 5.76. The monoisotopic (exact) mass is 334 g/mol. The van der Waals surface area contributed by atoms with Crippen molar-refractivity contribution in [3.63, 3.8) is 0 Å². The molecule has 0 spiro atoms. The number of nitriles is 1. The normalized spacial score (nSPS) is 10.8. The summed E-state index contributed by atoms with van der Waals surface area (Å²) >= 11 is 0. The number of amides is 1. The van der Waals surface area contributed by atoms with Crippen molar-refractivity contribution in [3.05, 3.63) is 65.6 Å². The first-order valence-electron chi connectivity index (χ1n) is 8.32. The number of anilines is 2. The van der Waals surface area contributed by atoms with Crippen molar-refractivity contribution in [2.45, 2.75) is 33.1 Å². The zero-order valence-electron chi connectivity index (χ0n) is 14.5. The molecule has 0 bridgehead atoms. The molecule has 0 aliphatic rings. The fraction of sp³-hybridized carbons (Fsp3) is 0.250. The van der Waals surface area contributed by atoms with Gasteiger partial charge in [-0.15, -0.1) is 0 Å². The predicted octanol–water partition coefficient (Wildman–Crippen LogP) is 4.19. The van der Waals surface area contributed by atoms with Crippen LogP contribution in [0.2, 0.25) is 0 Å². The van der Waals surface area contributed by atoms with Crippen LogP contribution in [0.25, 0.3) is 0 Å². The summed E-state index contributed by atoms with van der Waals surface area (Å²) in [4.78, 5) is 16.4. The molecule has 1 amide bonds. The molecule has 5 nitrogen and oxygen atoms in total. The van der Waals surface area contributed by atoms with Crippen LogP contribution >= 0.6 is 0 Å². The molecule has 0 unspecified atom stereocenters. The molecule has 1 aromatic heterocycles. The van der Waals surface area contributed by atoms with Gasteiger partial charge in [-0.25, -0.2) is 0 Å². The van der Waals surface area contributed by atoms with E-state index < -0.39 is 5.91 Å². The number of aryl methyl sites for hydroxylation is 2. The van der Waals surface area contributed by atoms with E-state index in [-0.39, 0.29) is 5.57 Å². The molecule has 0 aliphatic carbocycles. The number of unbranched alkanes of at least 4 members (excludes halogenated alkanes) is 1. The van der Waals surface area contributed by atoms with Crippen molar-refractivity contribution in [2.75, 3.05) is 10.6 Å². The topological polar surface area (TPSA) is 77.8 Å². The van der Waals surface area contributed by atoms with Crippen molar-refractivity contribution in [1.29, 1.82) is 5.26 Å². The summed E-state index contributed by atoms with van der Waals surface area (Å²) < 4.78 is 0. The van der Waals surface area contributed by atoms with Crippen LogP contribution in [0.3, 0.4) is 0 Å². The number of pyridine rings is 1. The lowest BCUT2D eigenvalue weighted by Gasteiger charge is -2.06. The summed E-state index contributed by atoms with van der Waals surface area (Å²) in [6.07, 6.45) is 6.36. The molecular formula is C20H22N4O. The van der Waals surface area contributed by atoms with E-state index in [0.717, 1.165) is 25.0 Å². The quantitative estimate of drug-likeness (QED) is 0.588. The molecule has 1 aromatic carbocycles. The van der Waals surface area contributed by atoms with Crippen LogP contribution in [0.5, 0.6) is 0 Å². The van der Waals surface area contributed by atoms with Crippen LogP contribution in [-0.2, 0) is 11.2 Å². The van der Waals surface area contributed by atoms with Gasteiger partial charge in [-0.2, -0.15) is 5.26 Å². The first-order chi connectivity index (χ1) is 12.1. The average molecular weight is 334 g/mol. The van der Waals surface area contributed by atoms with Crippen LogP contribution in [0.4, 0.5) is 11.4 Å². The van der Waals surface area contributed by atoms with Crippen LogP contribution in [0, 0.1) is 18.3 Å². The lowest BCUT2D eigenvalue weighted by atomic mass is 10.1. The zero-order chi connectivity index (χ0) is 18.1. The second kappa shape index (κ2) is 9.24. The van der Waals surface area contributed by atoms with Gasteiger partial charge >= 0.3 is 0 Å². The largest absolute Gasteiger partial charge is 0.359 e. The van der Waals surface area contributed by atoms with Gasteiger partial charge in [0, 0.05) is 17.6 Å². The third-order valence-corrected chi connectivity index (χ3v) is 3.69. The van der Waals surface area contributed by atoms with E-state index in [1.165, 1.54) is 11.8 Å². The number of hydrogen-bond donors (Lipinski definition) is 2. The van der Waals surface area contributed by atoms with Gasteiger partial charge in [0.05, 0.1) is 11.9 Å². The Bertz CT molecular complexity index is 771. The summed E-state index contributed by atoms with van der Waals surface area (Å²) in [6.45, 7) is 4.05. The molecule has 25 heavy (non-hydrogen) atoms. The first kappa shape index (κ1) is 18.2. The number of rotatable bonds is 7. The van der Waals surface area contributed by atoms with E-state index >= 15 is 0 Å². The first-order valence-corrected chi connectivity index (χ1v) is 8.32. The van der Waals surface area contributed by atoms with Crippen molar-refractivity contribution in [3.8, 4) is 6.07 Å².